The number of pyridine rings is 1. The molecule has 0 aliphatic heterocycles. The quantitative estimate of drug-likeness (QED) is 0.118. The smallest absolute Gasteiger partial charge is 0.319 e. The Morgan fingerprint density at radius 3 is 1.98 bits per heavy atom. The van der Waals surface area contributed by atoms with Gasteiger partial charge in [0.1, 0.15) is 11.5 Å². The number of aryl methyl sites for hydroxylation is 2. The van der Waals surface area contributed by atoms with Crippen LogP contribution < -0.4 is 0 Å². The largest absolute Gasteiger partial charge is 2.00 e. The number of benzene rings is 6. The Kier molecular flexibility index (Phi) is 10.1. The number of imidazole rings is 1. The average molecular weight is 931 g/mol. The van der Waals surface area contributed by atoms with Crippen molar-refractivity contribution in [1.29, 1.82) is 0 Å². The maximum absolute atomic E-state index is 8.34. The molecule has 0 bridgehead atoms. The maximum atomic E-state index is 8.34. The van der Waals surface area contributed by atoms with Crippen LogP contribution in [0.2, 0.25) is 0 Å². The molecule has 3 aromatic heterocycles. The number of hydrogen-bond acceptors (Lipinski definition) is 2. The predicted octanol–water partition coefficient (Wildman–Crippen LogP) is 12.5. The first kappa shape index (κ1) is 38.5. The van der Waals surface area contributed by atoms with Gasteiger partial charge in [0.15, 0.2) is 0 Å². The van der Waals surface area contributed by atoms with E-state index in [0.717, 1.165) is 77.9 Å². The Labute approximate surface area is 354 Å². The van der Waals surface area contributed by atoms with E-state index in [4.69, 9.17) is 16.5 Å². The molecule has 284 valence electrons. The molecule has 0 amide bonds. The molecular weight excluding hydrogens is 890 g/mol. The van der Waals surface area contributed by atoms with Crippen LogP contribution >= 0.6 is 0 Å². The molecule has 0 aliphatic rings. The summed E-state index contributed by atoms with van der Waals surface area (Å²) in [6.45, 7) is 19.3. The van der Waals surface area contributed by atoms with Gasteiger partial charge in [0, 0.05) is 22.8 Å². The van der Waals surface area contributed by atoms with Crippen LogP contribution in [0.3, 0.4) is 0 Å². The second-order valence-corrected chi connectivity index (χ2v) is 15.8. The molecule has 0 unspecified atom stereocenters. The fourth-order valence-corrected chi connectivity index (χ4v) is 8.42. The molecule has 9 rings (SSSR count). The maximum Gasteiger partial charge on any atom is 2.00 e. The van der Waals surface area contributed by atoms with Crippen molar-refractivity contribution in [3.8, 4) is 22.8 Å². The number of aromatic nitrogens is 4. The van der Waals surface area contributed by atoms with Gasteiger partial charge in [-0.1, -0.05) is 123 Å². The van der Waals surface area contributed by atoms with Crippen molar-refractivity contribution in [1.82, 2.24) is 19.1 Å². The molecule has 0 saturated carbocycles. The van der Waals surface area contributed by atoms with Gasteiger partial charge in [0.25, 0.3) is 0 Å². The van der Waals surface area contributed by atoms with Crippen molar-refractivity contribution in [2.75, 3.05) is 0 Å². The van der Waals surface area contributed by atoms with Crippen LogP contribution in [-0.4, -0.2) is 19.1 Å². The Balaban J connectivity index is 0.00000469. The molecule has 0 radical (unpaired) electrons. The summed E-state index contributed by atoms with van der Waals surface area (Å²) >= 11 is 0. The van der Waals surface area contributed by atoms with Crippen LogP contribution in [0.4, 0.5) is 5.69 Å². The number of nitrogens with zero attached hydrogens (tertiary/aromatic N) is 5. The monoisotopic (exact) mass is 930 g/mol. The first-order valence-corrected chi connectivity index (χ1v) is 19.3. The molecule has 58 heavy (non-hydrogen) atoms. The summed E-state index contributed by atoms with van der Waals surface area (Å²) < 4.78 is 4.32. The molecule has 9 aromatic rings. The van der Waals surface area contributed by atoms with Gasteiger partial charge in [0.05, 0.1) is 18.6 Å². The zero-order valence-electron chi connectivity index (χ0n) is 33.1. The summed E-state index contributed by atoms with van der Waals surface area (Å²) in [5, 5.41) is 2.22. The second kappa shape index (κ2) is 15.2. The Bertz CT molecular complexity index is 2920. The average Bonchev–Trinajstić information content (AvgIpc) is 3.85. The minimum atomic E-state index is -0.927. The molecule has 0 spiro atoms. The Hall–Kier alpha value is -6.34. The van der Waals surface area contributed by atoms with Gasteiger partial charge in [-0.15, -0.1) is 40.3 Å². The fraction of sp³-hybridized carbons (Fsp3) is 0.135. The van der Waals surface area contributed by atoms with Crippen LogP contribution in [-0.2, 0) is 31.9 Å². The molecule has 6 heteroatoms. The Morgan fingerprint density at radius 1 is 0.638 bits per heavy atom. The zero-order chi connectivity index (χ0) is 39.3. The second-order valence-electron chi connectivity index (χ2n) is 15.8. The van der Waals surface area contributed by atoms with Gasteiger partial charge in [-0.2, -0.15) is 18.2 Å². The fourth-order valence-electron chi connectivity index (χ4n) is 8.42. The normalized spacial score (nSPS) is 11.7. The SMILES string of the molecule is [C-]#[N+]c1cc(-c2cn(-c3c(C)cccc3C)cn2)[c-]c(C(c2[c-]c3c(cc2)c2ccccc2n3-c2cc(C(C)(C)C)ccn2)(c2ccccc2)c2ccccc2)c1.[Pt+2]. The van der Waals surface area contributed by atoms with Crippen LogP contribution in [0.25, 0.3) is 49.4 Å². The summed E-state index contributed by atoms with van der Waals surface area (Å²) in [6, 6.07) is 56.4. The minimum Gasteiger partial charge on any atom is -0.319 e. The van der Waals surface area contributed by atoms with Gasteiger partial charge in [-0.05, 0) is 76.9 Å². The van der Waals surface area contributed by atoms with E-state index in [-0.39, 0.29) is 26.5 Å². The van der Waals surface area contributed by atoms with Crippen molar-refractivity contribution in [3.63, 3.8) is 0 Å². The molecule has 5 nitrogen and oxygen atoms in total. The van der Waals surface area contributed by atoms with E-state index in [2.05, 4.69) is 176 Å². The number of fused-ring (bicyclic) bond motifs is 3. The van der Waals surface area contributed by atoms with Crippen molar-refractivity contribution >= 4 is 27.5 Å². The molecule has 0 saturated heterocycles. The predicted molar refractivity (Wildman–Crippen MR) is 232 cm³/mol. The number of rotatable bonds is 7. The van der Waals surface area contributed by atoms with Crippen molar-refractivity contribution < 1.29 is 21.1 Å². The molecule has 0 N–H and O–H groups in total. The summed E-state index contributed by atoms with van der Waals surface area (Å²) in [4.78, 5) is 13.9. The zero-order valence-corrected chi connectivity index (χ0v) is 35.3. The first-order valence-electron chi connectivity index (χ1n) is 19.3. The minimum absolute atomic E-state index is 0. The van der Waals surface area contributed by atoms with Crippen LogP contribution in [0.1, 0.15) is 59.7 Å². The van der Waals surface area contributed by atoms with Gasteiger partial charge in [0.2, 0.25) is 0 Å². The first-order chi connectivity index (χ1) is 27.7. The van der Waals surface area contributed by atoms with Gasteiger partial charge >= 0.3 is 21.1 Å². The van der Waals surface area contributed by atoms with Gasteiger partial charge < -0.3 is 9.13 Å². The van der Waals surface area contributed by atoms with E-state index in [9.17, 15) is 0 Å². The number of para-hydroxylation sites is 2. The standard InChI is InChI=1S/C52H41N5.Pt/c1-35-16-15-17-36(2)50(35)56-33-46(55-34-56)37-28-42(30-43(29-37)53-6)52(38-18-9-7-10-19-38,39-20-11-8-12-21-39)41-24-25-45-44-22-13-14-23-47(44)57(48(45)31-41)49-32-40(26-27-54-49)51(3,4)5;/h7-27,29-30,32-34H,1-5H3;/q-2;+2. The third-order valence-electron chi connectivity index (χ3n) is 11.2. The molecule has 6 aromatic carbocycles. The van der Waals surface area contributed by atoms with E-state index < -0.39 is 5.41 Å². The van der Waals surface area contributed by atoms with E-state index in [1.54, 1.807) is 0 Å². The van der Waals surface area contributed by atoms with Crippen LogP contribution in [0.15, 0.2) is 158 Å². The Morgan fingerprint density at radius 2 is 1.31 bits per heavy atom. The summed E-state index contributed by atoms with van der Waals surface area (Å²) in [6.07, 6.45) is 5.81. The van der Waals surface area contributed by atoms with E-state index >= 15 is 0 Å². The molecule has 0 aliphatic carbocycles. The van der Waals surface area contributed by atoms with Crippen molar-refractivity contribution in [3.05, 3.63) is 221 Å². The van der Waals surface area contributed by atoms with Crippen LogP contribution in [0.5, 0.6) is 0 Å². The van der Waals surface area contributed by atoms with Gasteiger partial charge in [-0.25, -0.2) is 4.98 Å². The topological polar surface area (TPSA) is 40.0 Å². The molecular formula is C52H41N5Pt. The summed E-state index contributed by atoms with van der Waals surface area (Å²) in [5.41, 5.74) is 11.5. The summed E-state index contributed by atoms with van der Waals surface area (Å²) in [5.74, 6) is 0.843. The molecule has 0 atom stereocenters. The molecule has 3 heterocycles. The van der Waals surface area contributed by atoms with Crippen molar-refractivity contribution in [2.24, 2.45) is 0 Å². The van der Waals surface area contributed by atoms with E-state index in [1.807, 2.05) is 43.0 Å². The van der Waals surface area contributed by atoms with E-state index in [0.29, 0.717) is 5.69 Å². The van der Waals surface area contributed by atoms with E-state index in [1.165, 1.54) is 5.56 Å². The van der Waals surface area contributed by atoms with Gasteiger partial charge in [-0.3, -0.25) is 9.83 Å². The number of hydrogen-bond donors (Lipinski definition) is 0. The van der Waals surface area contributed by atoms with Crippen LogP contribution in [0, 0.1) is 32.6 Å². The summed E-state index contributed by atoms with van der Waals surface area (Å²) in [7, 11) is 0. The molecule has 0 fully saturated rings. The third-order valence-corrected chi connectivity index (χ3v) is 11.2. The van der Waals surface area contributed by atoms with Crippen molar-refractivity contribution in [2.45, 2.75) is 45.4 Å². The third kappa shape index (κ3) is 6.48.